The van der Waals surface area contributed by atoms with Crippen molar-refractivity contribution in [3.8, 4) is 5.69 Å². The number of para-hydroxylation sites is 1. The summed E-state index contributed by atoms with van der Waals surface area (Å²) in [6.45, 7) is 3.63. The van der Waals surface area contributed by atoms with E-state index in [-0.39, 0.29) is 11.6 Å². The zero-order chi connectivity index (χ0) is 17.2. The van der Waals surface area contributed by atoms with Crippen LogP contribution in [0, 0.1) is 6.92 Å². The summed E-state index contributed by atoms with van der Waals surface area (Å²) in [5, 5.41) is 6.94. The number of piperidine rings is 1. The number of nitrogens with one attached hydrogen (secondary N) is 1. The maximum absolute atomic E-state index is 12.3. The minimum Gasteiger partial charge on any atom is -0.356 e. The Balaban J connectivity index is 1.66. The number of benzene rings is 1. The van der Waals surface area contributed by atoms with Gasteiger partial charge >= 0.3 is 5.69 Å². The molecule has 128 valence electrons. The van der Waals surface area contributed by atoms with Gasteiger partial charge in [0.25, 0.3) is 0 Å². The molecule has 1 aliphatic rings. The first kappa shape index (κ1) is 15.6. The predicted molar refractivity (Wildman–Crippen MR) is 95.1 cm³/mol. The molecule has 4 rings (SSSR count). The Morgan fingerprint density at radius 3 is 2.84 bits per heavy atom. The molecule has 1 unspecified atom stereocenters. The third kappa shape index (κ3) is 3.05. The summed E-state index contributed by atoms with van der Waals surface area (Å²) < 4.78 is 1.68. The second kappa shape index (κ2) is 6.51. The van der Waals surface area contributed by atoms with Gasteiger partial charge in [-0.15, -0.1) is 0 Å². The highest BCUT2D eigenvalue weighted by molar-refractivity contribution is 5.39. The van der Waals surface area contributed by atoms with E-state index < -0.39 is 0 Å². The first-order chi connectivity index (χ1) is 12.2. The second-order valence-corrected chi connectivity index (χ2v) is 6.31. The lowest BCUT2D eigenvalue weighted by atomic mass is 9.97. The molecule has 0 bridgehead atoms. The summed E-state index contributed by atoms with van der Waals surface area (Å²) in [7, 11) is 0. The first-order valence-electron chi connectivity index (χ1n) is 8.50. The van der Waals surface area contributed by atoms with E-state index in [1.807, 2.05) is 43.3 Å². The summed E-state index contributed by atoms with van der Waals surface area (Å²) in [5.41, 5.74) is 0.641. The number of H-pyrrole nitrogens is 1. The molecule has 1 fully saturated rings. The molecule has 7 nitrogen and oxygen atoms in total. The van der Waals surface area contributed by atoms with Gasteiger partial charge in [0.15, 0.2) is 0 Å². The summed E-state index contributed by atoms with van der Waals surface area (Å²) in [5.74, 6) is 2.65. The fraction of sp³-hybridized carbons (Fsp3) is 0.333. The molecule has 1 atom stereocenters. The first-order valence-corrected chi connectivity index (χ1v) is 8.50. The molecule has 3 aromatic rings. The molecule has 1 aromatic carbocycles. The van der Waals surface area contributed by atoms with E-state index >= 15 is 0 Å². The molecule has 2 aromatic heterocycles. The van der Waals surface area contributed by atoms with Crippen LogP contribution in [0.3, 0.4) is 0 Å². The summed E-state index contributed by atoms with van der Waals surface area (Å²) in [6.07, 6.45) is 3.82. The molecule has 0 amide bonds. The van der Waals surface area contributed by atoms with Crippen LogP contribution in [-0.2, 0) is 0 Å². The predicted octanol–water partition coefficient (Wildman–Crippen LogP) is 2.04. The molecular weight excluding hydrogens is 316 g/mol. The molecule has 1 N–H and O–H groups in total. The van der Waals surface area contributed by atoms with Gasteiger partial charge in [-0.1, -0.05) is 18.2 Å². The third-order valence-corrected chi connectivity index (χ3v) is 4.58. The van der Waals surface area contributed by atoms with Gasteiger partial charge in [0.1, 0.15) is 17.5 Å². The van der Waals surface area contributed by atoms with E-state index in [2.05, 4.69) is 25.1 Å². The van der Waals surface area contributed by atoms with Crippen LogP contribution in [-0.4, -0.2) is 37.8 Å². The fourth-order valence-electron chi connectivity index (χ4n) is 3.43. The summed E-state index contributed by atoms with van der Waals surface area (Å²) in [6, 6.07) is 11.6. The van der Waals surface area contributed by atoms with E-state index in [1.165, 1.54) is 0 Å². The number of aryl methyl sites for hydroxylation is 1. The van der Waals surface area contributed by atoms with Gasteiger partial charge in [-0.25, -0.2) is 24.4 Å². The van der Waals surface area contributed by atoms with E-state index in [0.29, 0.717) is 0 Å². The highest BCUT2D eigenvalue weighted by Crippen LogP contribution is 2.28. The van der Waals surface area contributed by atoms with E-state index in [1.54, 1.807) is 10.8 Å². The number of aromatic amines is 1. The van der Waals surface area contributed by atoms with E-state index in [9.17, 15) is 4.79 Å². The monoisotopic (exact) mass is 336 g/mol. The number of aromatic nitrogens is 5. The van der Waals surface area contributed by atoms with Crippen molar-refractivity contribution in [2.45, 2.75) is 25.7 Å². The second-order valence-electron chi connectivity index (χ2n) is 6.31. The molecule has 0 aliphatic carbocycles. The number of hydrogen-bond donors (Lipinski definition) is 1. The lowest BCUT2D eigenvalue weighted by Crippen LogP contribution is -2.36. The Kier molecular flexibility index (Phi) is 4.05. The topological polar surface area (TPSA) is 79.7 Å². The SMILES string of the molecule is Cc1nccc(N2CCCC(c3n[nH]c(=O)n3-c3ccccc3)C2)n1. The largest absolute Gasteiger partial charge is 0.356 e. The maximum atomic E-state index is 12.3. The fourth-order valence-corrected chi connectivity index (χ4v) is 3.43. The molecule has 3 heterocycles. The molecule has 0 saturated carbocycles. The van der Waals surface area contributed by atoms with Crippen LogP contribution in [0.5, 0.6) is 0 Å². The number of hydrogen-bond acceptors (Lipinski definition) is 5. The van der Waals surface area contributed by atoms with E-state index in [4.69, 9.17) is 0 Å². The minimum absolute atomic E-state index is 0.170. The molecule has 1 aliphatic heterocycles. The van der Waals surface area contributed by atoms with Gasteiger partial charge in [-0.3, -0.25) is 0 Å². The van der Waals surface area contributed by atoms with Crippen LogP contribution in [0.4, 0.5) is 5.82 Å². The lowest BCUT2D eigenvalue weighted by molar-refractivity contribution is 0.482. The quantitative estimate of drug-likeness (QED) is 0.792. The van der Waals surface area contributed by atoms with Gasteiger partial charge in [0, 0.05) is 25.2 Å². The number of rotatable bonds is 3. The molecule has 1 saturated heterocycles. The zero-order valence-electron chi connectivity index (χ0n) is 14.1. The standard InChI is InChI=1S/C18H20N6O/c1-13-19-10-9-16(20-13)23-11-5-6-14(12-23)17-21-22-18(25)24(17)15-7-3-2-4-8-15/h2-4,7-10,14H,5-6,11-12H2,1H3,(H,22,25). The van der Waals surface area contributed by atoms with Gasteiger partial charge in [-0.2, -0.15) is 5.10 Å². The van der Waals surface area contributed by atoms with Gasteiger partial charge in [0.2, 0.25) is 0 Å². The van der Waals surface area contributed by atoms with Crippen molar-refractivity contribution in [3.05, 3.63) is 64.7 Å². The highest BCUT2D eigenvalue weighted by atomic mass is 16.1. The Morgan fingerprint density at radius 2 is 2.04 bits per heavy atom. The van der Waals surface area contributed by atoms with Crippen molar-refractivity contribution in [1.29, 1.82) is 0 Å². The zero-order valence-corrected chi connectivity index (χ0v) is 14.1. The van der Waals surface area contributed by atoms with Gasteiger partial charge in [-0.05, 0) is 38.0 Å². The van der Waals surface area contributed by atoms with Gasteiger partial charge < -0.3 is 4.90 Å². The van der Waals surface area contributed by atoms with Crippen LogP contribution in [0.2, 0.25) is 0 Å². The Morgan fingerprint density at radius 1 is 1.20 bits per heavy atom. The van der Waals surface area contributed by atoms with Gasteiger partial charge in [0.05, 0.1) is 5.69 Å². The van der Waals surface area contributed by atoms with Crippen LogP contribution in [0.1, 0.15) is 30.4 Å². The number of nitrogens with zero attached hydrogens (tertiary/aromatic N) is 5. The van der Waals surface area contributed by atoms with Crippen LogP contribution < -0.4 is 10.6 Å². The average Bonchev–Trinajstić information content (AvgIpc) is 3.04. The van der Waals surface area contributed by atoms with Crippen LogP contribution in [0.25, 0.3) is 5.69 Å². The minimum atomic E-state index is -0.198. The highest BCUT2D eigenvalue weighted by Gasteiger charge is 2.27. The molecule has 7 heteroatoms. The Bertz CT molecular complexity index is 917. The van der Waals surface area contributed by atoms with Crippen molar-refractivity contribution in [1.82, 2.24) is 24.7 Å². The van der Waals surface area contributed by atoms with Crippen molar-refractivity contribution >= 4 is 5.82 Å². The Labute approximate surface area is 145 Å². The third-order valence-electron chi connectivity index (χ3n) is 4.58. The molecule has 0 radical (unpaired) electrons. The summed E-state index contributed by atoms with van der Waals surface area (Å²) >= 11 is 0. The van der Waals surface area contributed by atoms with Crippen LogP contribution in [0.15, 0.2) is 47.4 Å². The van der Waals surface area contributed by atoms with E-state index in [0.717, 1.165) is 49.1 Å². The number of anilines is 1. The van der Waals surface area contributed by atoms with Crippen LogP contribution >= 0.6 is 0 Å². The van der Waals surface area contributed by atoms with Crippen molar-refractivity contribution in [3.63, 3.8) is 0 Å². The normalized spacial score (nSPS) is 17.6. The average molecular weight is 336 g/mol. The molecule has 25 heavy (non-hydrogen) atoms. The molecular formula is C18H20N6O. The van der Waals surface area contributed by atoms with Crippen molar-refractivity contribution < 1.29 is 0 Å². The molecule has 0 spiro atoms. The summed E-state index contributed by atoms with van der Waals surface area (Å²) in [4.78, 5) is 23.2. The van der Waals surface area contributed by atoms with Crippen molar-refractivity contribution in [2.75, 3.05) is 18.0 Å². The Hall–Kier alpha value is -2.96. The smallest absolute Gasteiger partial charge is 0.347 e. The maximum Gasteiger partial charge on any atom is 0.347 e. The lowest BCUT2D eigenvalue weighted by Gasteiger charge is -2.33. The van der Waals surface area contributed by atoms with Crippen molar-refractivity contribution in [2.24, 2.45) is 0 Å².